The SMILES string of the molecule is Cc1ccc(CNCC2(CC(C)C)CCCC2)cn1. The van der Waals surface area contributed by atoms with Crippen LogP contribution in [0.1, 0.15) is 57.2 Å². The normalized spacial score (nSPS) is 18.1. The second kappa shape index (κ2) is 6.51. The van der Waals surface area contributed by atoms with Crippen LogP contribution in [-0.2, 0) is 6.54 Å². The van der Waals surface area contributed by atoms with Gasteiger partial charge in [0.05, 0.1) is 0 Å². The summed E-state index contributed by atoms with van der Waals surface area (Å²) in [7, 11) is 0. The highest BCUT2D eigenvalue weighted by Crippen LogP contribution is 2.42. The molecule has 2 heteroatoms. The molecule has 1 aliphatic carbocycles. The second-order valence-electron chi connectivity index (χ2n) is 6.72. The van der Waals surface area contributed by atoms with E-state index in [-0.39, 0.29) is 0 Å². The van der Waals surface area contributed by atoms with Crippen molar-refractivity contribution >= 4 is 0 Å². The highest BCUT2D eigenvalue weighted by Gasteiger charge is 2.33. The molecule has 2 nitrogen and oxygen atoms in total. The van der Waals surface area contributed by atoms with Crippen LogP contribution in [0.25, 0.3) is 0 Å². The molecule has 1 fully saturated rings. The molecule has 19 heavy (non-hydrogen) atoms. The third kappa shape index (κ3) is 4.31. The van der Waals surface area contributed by atoms with E-state index in [2.05, 4.69) is 36.3 Å². The van der Waals surface area contributed by atoms with Gasteiger partial charge >= 0.3 is 0 Å². The monoisotopic (exact) mass is 260 g/mol. The van der Waals surface area contributed by atoms with E-state index in [9.17, 15) is 0 Å². The summed E-state index contributed by atoms with van der Waals surface area (Å²) < 4.78 is 0. The minimum atomic E-state index is 0.562. The van der Waals surface area contributed by atoms with E-state index in [1.807, 2.05) is 13.1 Å². The van der Waals surface area contributed by atoms with Gasteiger partial charge in [0, 0.05) is 25.0 Å². The Morgan fingerprint density at radius 3 is 2.58 bits per heavy atom. The largest absolute Gasteiger partial charge is 0.312 e. The number of hydrogen-bond acceptors (Lipinski definition) is 2. The van der Waals surface area contributed by atoms with Gasteiger partial charge in [0.25, 0.3) is 0 Å². The highest BCUT2D eigenvalue weighted by atomic mass is 14.9. The fourth-order valence-corrected chi connectivity index (χ4v) is 3.52. The third-order valence-corrected chi connectivity index (χ3v) is 4.31. The standard InChI is InChI=1S/C17H28N2/c1-14(2)10-17(8-4-5-9-17)13-18-11-16-7-6-15(3)19-12-16/h6-7,12,14,18H,4-5,8-11,13H2,1-3H3. The lowest BCUT2D eigenvalue weighted by molar-refractivity contribution is 0.223. The molecule has 0 bridgehead atoms. The van der Waals surface area contributed by atoms with Gasteiger partial charge in [-0.3, -0.25) is 4.98 Å². The Morgan fingerprint density at radius 2 is 2.00 bits per heavy atom. The molecule has 1 heterocycles. The maximum Gasteiger partial charge on any atom is 0.0372 e. The molecule has 0 amide bonds. The van der Waals surface area contributed by atoms with Gasteiger partial charge in [0.2, 0.25) is 0 Å². The van der Waals surface area contributed by atoms with Gasteiger partial charge in [-0.15, -0.1) is 0 Å². The number of pyridine rings is 1. The second-order valence-corrected chi connectivity index (χ2v) is 6.72. The summed E-state index contributed by atoms with van der Waals surface area (Å²) in [5.41, 5.74) is 2.95. The minimum Gasteiger partial charge on any atom is -0.312 e. The average Bonchev–Trinajstić information content (AvgIpc) is 2.79. The molecule has 0 spiro atoms. The van der Waals surface area contributed by atoms with Crippen LogP contribution in [0.4, 0.5) is 0 Å². The number of nitrogens with one attached hydrogen (secondary N) is 1. The quantitative estimate of drug-likeness (QED) is 0.833. The molecular weight excluding hydrogens is 232 g/mol. The van der Waals surface area contributed by atoms with Crippen molar-refractivity contribution in [1.29, 1.82) is 0 Å². The summed E-state index contributed by atoms with van der Waals surface area (Å²) >= 11 is 0. The smallest absolute Gasteiger partial charge is 0.0372 e. The first-order valence-corrected chi connectivity index (χ1v) is 7.72. The van der Waals surface area contributed by atoms with E-state index < -0.39 is 0 Å². The topological polar surface area (TPSA) is 24.9 Å². The van der Waals surface area contributed by atoms with Crippen molar-refractivity contribution in [2.24, 2.45) is 11.3 Å². The Bertz CT molecular complexity index is 375. The molecule has 0 atom stereocenters. The number of hydrogen-bond donors (Lipinski definition) is 1. The number of nitrogens with zero attached hydrogens (tertiary/aromatic N) is 1. The lowest BCUT2D eigenvalue weighted by Gasteiger charge is -2.31. The van der Waals surface area contributed by atoms with Crippen molar-refractivity contribution in [1.82, 2.24) is 10.3 Å². The van der Waals surface area contributed by atoms with Gasteiger partial charge in [-0.1, -0.05) is 32.8 Å². The zero-order valence-electron chi connectivity index (χ0n) is 12.7. The molecule has 0 aliphatic heterocycles. The number of aryl methyl sites for hydroxylation is 1. The maximum atomic E-state index is 4.36. The van der Waals surface area contributed by atoms with Gasteiger partial charge in [-0.25, -0.2) is 0 Å². The van der Waals surface area contributed by atoms with Crippen LogP contribution >= 0.6 is 0 Å². The Morgan fingerprint density at radius 1 is 1.26 bits per heavy atom. The fourth-order valence-electron chi connectivity index (χ4n) is 3.52. The van der Waals surface area contributed by atoms with Gasteiger partial charge < -0.3 is 5.32 Å². The van der Waals surface area contributed by atoms with E-state index in [4.69, 9.17) is 0 Å². The molecule has 1 saturated carbocycles. The maximum absolute atomic E-state index is 4.36. The summed E-state index contributed by atoms with van der Waals surface area (Å²) in [6, 6.07) is 4.27. The summed E-state index contributed by atoms with van der Waals surface area (Å²) in [5, 5.41) is 3.67. The van der Waals surface area contributed by atoms with Crippen LogP contribution in [-0.4, -0.2) is 11.5 Å². The van der Waals surface area contributed by atoms with Crippen molar-refractivity contribution < 1.29 is 0 Å². The molecule has 1 N–H and O–H groups in total. The molecule has 106 valence electrons. The van der Waals surface area contributed by atoms with Crippen LogP contribution < -0.4 is 5.32 Å². The Balaban J connectivity index is 1.84. The number of aromatic nitrogens is 1. The average molecular weight is 260 g/mol. The third-order valence-electron chi connectivity index (χ3n) is 4.31. The molecule has 0 unspecified atom stereocenters. The van der Waals surface area contributed by atoms with E-state index >= 15 is 0 Å². The molecule has 0 radical (unpaired) electrons. The van der Waals surface area contributed by atoms with Crippen LogP contribution in [0.3, 0.4) is 0 Å². The molecule has 0 aromatic carbocycles. The summed E-state index contributed by atoms with van der Waals surface area (Å²) in [6.07, 6.45) is 9.01. The van der Waals surface area contributed by atoms with E-state index in [0.717, 1.165) is 18.2 Å². The van der Waals surface area contributed by atoms with Crippen molar-refractivity contribution in [2.75, 3.05) is 6.54 Å². The van der Waals surface area contributed by atoms with E-state index in [0.29, 0.717) is 5.41 Å². The molecule has 1 aromatic rings. The van der Waals surface area contributed by atoms with Crippen LogP contribution in [0.15, 0.2) is 18.3 Å². The molecule has 2 rings (SSSR count). The van der Waals surface area contributed by atoms with Gasteiger partial charge in [-0.2, -0.15) is 0 Å². The Labute approximate surface area is 118 Å². The molecular formula is C17H28N2. The number of rotatable bonds is 6. The summed E-state index contributed by atoms with van der Waals surface area (Å²) in [4.78, 5) is 4.36. The Kier molecular flexibility index (Phi) is 4.98. The van der Waals surface area contributed by atoms with Crippen molar-refractivity contribution in [2.45, 2.75) is 59.4 Å². The molecule has 1 aliphatic rings. The first-order chi connectivity index (χ1) is 9.10. The van der Waals surface area contributed by atoms with Crippen molar-refractivity contribution in [3.05, 3.63) is 29.6 Å². The minimum absolute atomic E-state index is 0.562. The van der Waals surface area contributed by atoms with E-state index in [1.54, 1.807) is 0 Å². The summed E-state index contributed by atoms with van der Waals surface area (Å²) in [6.45, 7) is 8.85. The lowest BCUT2D eigenvalue weighted by atomic mass is 9.78. The first-order valence-electron chi connectivity index (χ1n) is 7.72. The van der Waals surface area contributed by atoms with Crippen LogP contribution in [0, 0.1) is 18.3 Å². The zero-order chi connectivity index (χ0) is 13.7. The first kappa shape index (κ1) is 14.5. The predicted molar refractivity (Wildman–Crippen MR) is 81.0 cm³/mol. The molecule has 1 aromatic heterocycles. The van der Waals surface area contributed by atoms with E-state index in [1.165, 1.54) is 44.2 Å². The predicted octanol–water partition coefficient (Wildman–Crippen LogP) is 4.09. The van der Waals surface area contributed by atoms with Crippen LogP contribution in [0.2, 0.25) is 0 Å². The highest BCUT2D eigenvalue weighted by molar-refractivity contribution is 5.12. The fraction of sp³-hybridized carbons (Fsp3) is 0.706. The van der Waals surface area contributed by atoms with Gasteiger partial charge in [0.1, 0.15) is 0 Å². The lowest BCUT2D eigenvalue weighted by Crippen LogP contribution is -2.33. The van der Waals surface area contributed by atoms with Crippen molar-refractivity contribution in [3.63, 3.8) is 0 Å². The van der Waals surface area contributed by atoms with Crippen LogP contribution in [0.5, 0.6) is 0 Å². The Hall–Kier alpha value is -0.890. The summed E-state index contributed by atoms with van der Waals surface area (Å²) in [5.74, 6) is 0.806. The van der Waals surface area contributed by atoms with Gasteiger partial charge in [0.15, 0.2) is 0 Å². The molecule has 0 saturated heterocycles. The zero-order valence-corrected chi connectivity index (χ0v) is 12.7. The van der Waals surface area contributed by atoms with Crippen molar-refractivity contribution in [3.8, 4) is 0 Å². The van der Waals surface area contributed by atoms with Gasteiger partial charge in [-0.05, 0) is 49.1 Å².